The molecule has 2 nitrogen and oxygen atoms in total. The number of benzene rings is 2. The van der Waals surface area contributed by atoms with E-state index in [4.69, 9.17) is 11.6 Å². The first-order valence-electron chi connectivity index (χ1n) is 5.18. The molecule has 5 heteroatoms. The van der Waals surface area contributed by atoms with Gasteiger partial charge in [0, 0.05) is 9.50 Å². The van der Waals surface area contributed by atoms with Gasteiger partial charge in [-0.25, -0.2) is 4.98 Å². The maximum absolute atomic E-state index is 9.87. The van der Waals surface area contributed by atoms with Gasteiger partial charge in [-0.2, -0.15) is 0 Å². The van der Waals surface area contributed by atoms with Crippen molar-refractivity contribution >= 4 is 49.1 Å². The summed E-state index contributed by atoms with van der Waals surface area (Å²) < 4.78 is 2.08. The summed E-state index contributed by atoms with van der Waals surface area (Å²) in [7, 11) is 0. The minimum absolute atomic E-state index is 0.192. The molecule has 0 atom stereocenters. The number of halogens is 2. The van der Waals surface area contributed by atoms with Gasteiger partial charge in [0.05, 0.1) is 15.8 Å². The second kappa shape index (κ2) is 4.53. The molecule has 0 radical (unpaired) electrons. The van der Waals surface area contributed by atoms with Gasteiger partial charge >= 0.3 is 0 Å². The predicted octanol–water partition coefficient (Wildman–Crippen LogP) is 5.08. The molecule has 0 aliphatic heterocycles. The van der Waals surface area contributed by atoms with Crippen LogP contribution >= 0.6 is 38.9 Å². The zero-order valence-electron chi connectivity index (χ0n) is 9.02. The van der Waals surface area contributed by atoms with E-state index in [0.717, 1.165) is 19.7 Å². The maximum Gasteiger partial charge on any atom is 0.128 e. The third kappa shape index (κ3) is 2.11. The molecule has 2 aromatic carbocycles. The van der Waals surface area contributed by atoms with Gasteiger partial charge in [-0.05, 0) is 36.4 Å². The molecule has 0 fully saturated rings. The number of phenolic OH excluding ortho intramolecular Hbond substituents is 1. The first-order valence-corrected chi connectivity index (χ1v) is 7.17. The maximum atomic E-state index is 9.87. The van der Waals surface area contributed by atoms with Crippen molar-refractivity contribution in [2.75, 3.05) is 0 Å². The van der Waals surface area contributed by atoms with Crippen LogP contribution in [0.25, 0.3) is 20.8 Å². The van der Waals surface area contributed by atoms with Crippen molar-refractivity contribution in [2.45, 2.75) is 0 Å². The lowest BCUT2D eigenvalue weighted by Gasteiger charge is -2.00. The fourth-order valence-corrected chi connectivity index (χ4v) is 3.41. The van der Waals surface area contributed by atoms with E-state index in [1.165, 1.54) is 11.3 Å². The molecule has 0 bridgehead atoms. The van der Waals surface area contributed by atoms with Crippen LogP contribution in [0.1, 0.15) is 0 Å². The summed E-state index contributed by atoms with van der Waals surface area (Å²) in [6, 6.07) is 10.9. The fraction of sp³-hybridized carbons (Fsp3) is 0. The second-order valence-corrected chi connectivity index (χ2v) is 6.18. The van der Waals surface area contributed by atoms with Crippen LogP contribution in [0.5, 0.6) is 5.75 Å². The summed E-state index contributed by atoms with van der Waals surface area (Å²) in [4.78, 5) is 4.51. The molecule has 0 unspecified atom stereocenters. The van der Waals surface area contributed by atoms with Gasteiger partial charge in [0.2, 0.25) is 0 Å². The van der Waals surface area contributed by atoms with Crippen molar-refractivity contribution in [1.82, 2.24) is 4.98 Å². The summed E-state index contributed by atoms with van der Waals surface area (Å²) >= 11 is 10.9. The van der Waals surface area contributed by atoms with E-state index < -0.39 is 0 Å². The topological polar surface area (TPSA) is 33.1 Å². The lowest BCUT2D eigenvalue weighted by Crippen LogP contribution is -1.77. The number of aromatic nitrogens is 1. The Balaban J connectivity index is 2.22. The Labute approximate surface area is 121 Å². The smallest absolute Gasteiger partial charge is 0.128 e. The Morgan fingerprint density at radius 2 is 2.00 bits per heavy atom. The predicted molar refractivity (Wildman–Crippen MR) is 79.4 cm³/mol. The number of aromatic hydroxyl groups is 1. The van der Waals surface area contributed by atoms with Crippen LogP contribution in [0.2, 0.25) is 5.02 Å². The molecule has 0 aliphatic rings. The van der Waals surface area contributed by atoms with Gasteiger partial charge in [-0.1, -0.05) is 27.5 Å². The van der Waals surface area contributed by atoms with Gasteiger partial charge in [0.25, 0.3) is 0 Å². The number of hydrogen-bond donors (Lipinski definition) is 1. The van der Waals surface area contributed by atoms with Crippen molar-refractivity contribution in [1.29, 1.82) is 0 Å². The summed E-state index contributed by atoms with van der Waals surface area (Å²) in [5, 5.41) is 11.2. The Morgan fingerprint density at radius 1 is 1.17 bits per heavy atom. The van der Waals surface area contributed by atoms with Crippen LogP contribution in [0, 0.1) is 0 Å². The molecule has 18 heavy (non-hydrogen) atoms. The van der Waals surface area contributed by atoms with Crippen LogP contribution < -0.4 is 0 Å². The summed E-state index contributed by atoms with van der Waals surface area (Å²) in [5.74, 6) is 0.192. The Bertz CT molecular complexity index is 741. The molecule has 3 rings (SSSR count). The van der Waals surface area contributed by atoms with E-state index in [-0.39, 0.29) is 5.75 Å². The highest BCUT2D eigenvalue weighted by molar-refractivity contribution is 9.10. The van der Waals surface area contributed by atoms with Gasteiger partial charge in [-0.15, -0.1) is 11.3 Å². The lowest BCUT2D eigenvalue weighted by atomic mass is 10.2. The van der Waals surface area contributed by atoms with E-state index in [1.807, 2.05) is 18.2 Å². The highest BCUT2D eigenvalue weighted by Gasteiger charge is 2.11. The monoisotopic (exact) mass is 339 g/mol. The van der Waals surface area contributed by atoms with Crippen molar-refractivity contribution in [3.8, 4) is 16.3 Å². The minimum atomic E-state index is 0.192. The van der Waals surface area contributed by atoms with Gasteiger partial charge in [-0.3, -0.25) is 0 Å². The van der Waals surface area contributed by atoms with E-state index in [9.17, 15) is 5.11 Å². The van der Waals surface area contributed by atoms with Gasteiger partial charge < -0.3 is 5.11 Å². The number of hydrogen-bond acceptors (Lipinski definition) is 3. The Hall–Kier alpha value is -1.10. The third-order valence-electron chi connectivity index (χ3n) is 2.54. The summed E-state index contributed by atoms with van der Waals surface area (Å²) in [6.07, 6.45) is 0. The van der Waals surface area contributed by atoms with Crippen molar-refractivity contribution in [3.63, 3.8) is 0 Å². The molecule has 0 aliphatic carbocycles. The third-order valence-corrected chi connectivity index (χ3v) is 4.32. The molecule has 0 saturated carbocycles. The first-order chi connectivity index (χ1) is 8.63. The number of fused-ring (bicyclic) bond motifs is 1. The molecule has 1 heterocycles. The lowest BCUT2D eigenvalue weighted by molar-refractivity contribution is 0.477. The Kier molecular flexibility index (Phi) is 3.01. The molecule has 0 amide bonds. The first kappa shape index (κ1) is 12.0. The highest BCUT2D eigenvalue weighted by Crippen LogP contribution is 2.37. The molecule has 1 aromatic heterocycles. The van der Waals surface area contributed by atoms with Crippen LogP contribution in [-0.2, 0) is 0 Å². The molecule has 3 aromatic rings. The average molecular weight is 341 g/mol. The molecule has 90 valence electrons. The second-order valence-electron chi connectivity index (χ2n) is 3.79. The SMILES string of the molecule is Oc1ccc(Cl)cc1-c1nc2ccc(Br)cc2s1. The quantitative estimate of drug-likeness (QED) is 0.669. The van der Waals surface area contributed by atoms with E-state index in [1.54, 1.807) is 18.2 Å². The number of nitrogens with zero attached hydrogens (tertiary/aromatic N) is 1. The molecule has 1 N–H and O–H groups in total. The van der Waals surface area contributed by atoms with Crippen molar-refractivity contribution in [2.24, 2.45) is 0 Å². The van der Waals surface area contributed by atoms with Gasteiger partial charge in [0.15, 0.2) is 0 Å². The van der Waals surface area contributed by atoms with Crippen LogP contribution in [0.15, 0.2) is 40.9 Å². The normalized spacial score (nSPS) is 11.0. The van der Waals surface area contributed by atoms with Gasteiger partial charge in [0.1, 0.15) is 10.8 Å². The fourth-order valence-electron chi connectivity index (χ4n) is 1.69. The number of phenols is 1. The molecular weight excluding hydrogens is 334 g/mol. The zero-order chi connectivity index (χ0) is 12.7. The van der Waals surface area contributed by atoms with Crippen molar-refractivity contribution in [3.05, 3.63) is 45.9 Å². The molecular formula is C13H7BrClNOS. The standard InChI is InChI=1S/C13H7BrClNOS/c14-7-1-3-10-12(5-7)18-13(16-10)9-6-8(15)2-4-11(9)17/h1-6,17H. The molecule has 0 saturated heterocycles. The largest absolute Gasteiger partial charge is 0.507 e. The zero-order valence-corrected chi connectivity index (χ0v) is 12.2. The summed E-state index contributed by atoms with van der Waals surface area (Å²) in [6.45, 7) is 0. The van der Waals surface area contributed by atoms with E-state index in [0.29, 0.717) is 10.6 Å². The van der Waals surface area contributed by atoms with Crippen LogP contribution in [0.4, 0.5) is 0 Å². The van der Waals surface area contributed by atoms with E-state index in [2.05, 4.69) is 20.9 Å². The van der Waals surface area contributed by atoms with Crippen LogP contribution in [-0.4, -0.2) is 10.1 Å². The van der Waals surface area contributed by atoms with E-state index >= 15 is 0 Å². The van der Waals surface area contributed by atoms with Crippen LogP contribution in [0.3, 0.4) is 0 Å². The number of thiazole rings is 1. The highest BCUT2D eigenvalue weighted by atomic mass is 79.9. The summed E-state index contributed by atoms with van der Waals surface area (Å²) in [5.41, 5.74) is 1.58. The molecule has 0 spiro atoms. The Morgan fingerprint density at radius 3 is 2.83 bits per heavy atom. The average Bonchev–Trinajstić information content (AvgIpc) is 2.74. The number of rotatable bonds is 1. The van der Waals surface area contributed by atoms with Crippen molar-refractivity contribution < 1.29 is 5.11 Å². The minimum Gasteiger partial charge on any atom is -0.507 e.